The van der Waals surface area contributed by atoms with Crippen molar-refractivity contribution in [3.63, 3.8) is 0 Å². The number of hydrogen-bond donors (Lipinski definition) is 0. The highest BCUT2D eigenvalue weighted by Crippen LogP contribution is 2.49. The standard InChI is InChI=1S/C28H35N3O5/c1-3-35-27(32)23-24(28(33)36-4-2)26-21(19-10-6-5-7-11-19)18-22(30-14-16-34-17-15-30)29-31(26)25(23)20-12-8-9-13-20/h5-7,10-11,18,20,23,25H,3-4,8-9,12-17H2,1-2H3. The third-order valence-corrected chi connectivity index (χ3v) is 7.50. The van der Waals surface area contributed by atoms with E-state index in [1.54, 1.807) is 13.8 Å². The number of carbonyl (C=O) groups excluding carboxylic acids is 2. The van der Waals surface area contributed by atoms with E-state index in [0.717, 1.165) is 55.7 Å². The third-order valence-electron chi connectivity index (χ3n) is 7.50. The van der Waals surface area contributed by atoms with E-state index in [1.165, 1.54) is 0 Å². The van der Waals surface area contributed by atoms with E-state index in [1.807, 2.05) is 41.4 Å². The summed E-state index contributed by atoms with van der Waals surface area (Å²) in [7, 11) is 0. The van der Waals surface area contributed by atoms with Gasteiger partial charge >= 0.3 is 11.9 Å². The van der Waals surface area contributed by atoms with E-state index in [-0.39, 0.29) is 31.1 Å². The average molecular weight is 494 g/mol. The van der Waals surface area contributed by atoms with Gasteiger partial charge in [0.15, 0.2) is 0 Å². The first kappa shape index (κ1) is 24.6. The molecule has 0 bridgehead atoms. The van der Waals surface area contributed by atoms with E-state index >= 15 is 0 Å². The van der Waals surface area contributed by atoms with Gasteiger partial charge < -0.3 is 19.1 Å². The number of amidine groups is 1. The number of fused-ring (bicyclic) bond motifs is 1. The second-order valence-electron chi connectivity index (χ2n) is 9.57. The summed E-state index contributed by atoms with van der Waals surface area (Å²) in [5.41, 5.74) is 2.89. The molecule has 2 unspecified atom stereocenters. The first-order valence-corrected chi connectivity index (χ1v) is 13.2. The number of nitrogens with zero attached hydrogens (tertiary/aromatic N) is 3. The van der Waals surface area contributed by atoms with Crippen molar-refractivity contribution in [1.82, 2.24) is 9.91 Å². The Hall–Kier alpha value is -3.13. The van der Waals surface area contributed by atoms with Crippen LogP contribution in [-0.4, -0.2) is 73.2 Å². The molecule has 192 valence electrons. The zero-order valence-corrected chi connectivity index (χ0v) is 21.2. The number of morpholine rings is 1. The Morgan fingerprint density at radius 2 is 1.72 bits per heavy atom. The van der Waals surface area contributed by atoms with Gasteiger partial charge in [0.05, 0.1) is 43.7 Å². The highest BCUT2D eigenvalue weighted by molar-refractivity contribution is 6.08. The summed E-state index contributed by atoms with van der Waals surface area (Å²) < 4.78 is 16.7. The molecule has 1 aromatic carbocycles. The molecule has 3 aliphatic heterocycles. The number of ether oxygens (including phenoxy) is 3. The molecule has 3 heterocycles. The van der Waals surface area contributed by atoms with Gasteiger partial charge in [0.25, 0.3) is 0 Å². The minimum atomic E-state index is -0.748. The minimum Gasteiger partial charge on any atom is -0.465 e. The van der Waals surface area contributed by atoms with Gasteiger partial charge in [0, 0.05) is 18.7 Å². The smallest absolute Gasteiger partial charge is 0.337 e. The summed E-state index contributed by atoms with van der Waals surface area (Å²) in [5.74, 6) is -0.539. The number of allylic oxidation sites excluding steroid dienone is 1. The van der Waals surface area contributed by atoms with Crippen molar-refractivity contribution >= 4 is 23.3 Å². The highest BCUT2D eigenvalue weighted by atomic mass is 16.5. The van der Waals surface area contributed by atoms with Crippen molar-refractivity contribution in [3.8, 4) is 0 Å². The van der Waals surface area contributed by atoms with Crippen molar-refractivity contribution in [2.75, 3.05) is 39.5 Å². The molecule has 0 spiro atoms. The van der Waals surface area contributed by atoms with Crippen molar-refractivity contribution in [2.45, 2.75) is 45.6 Å². The quantitative estimate of drug-likeness (QED) is 0.560. The van der Waals surface area contributed by atoms with Crippen molar-refractivity contribution in [3.05, 3.63) is 53.2 Å². The molecule has 1 saturated heterocycles. The Kier molecular flexibility index (Phi) is 7.41. The molecular formula is C28H35N3O5. The highest BCUT2D eigenvalue weighted by Gasteiger charge is 2.54. The minimum absolute atomic E-state index is 0.228. The van der Waals surface area contributed by atoms with Gasteiger partial charge in [0.1, 0.15) is 11.8 Å². The molecule has 5 rings (SSSR count). The van der Waals surface area contributed by atoms with Crippen LogP contribution in [0.4, 0.5) is 0 Å². The average Bonchev–Trinajstić information content (AvgIpc) is 3.55. The molecule has 0 aromatic heterocycles. The maximum Gasteiger partial charge on any atom is 0.337 e. The normalized spacial score (nSPS) is 24.4. The maximum absolute atomic E-state index is 13.5. The lowest BCUT2D eigenvalue weighted by Gasteiger charge is -2.37. The molecule has 0 radical (unpaired) electrons. The molecular weight excluding hydrogens is 458 g/mol. The van der Waals surface area contributed by atoms with E-state index in [9.17, 15) is 9.59 Å². The van der Waals surface area contributed by atoms with Gasteiger partial charge in [0.2, 0.25) is 0 Å². The van der Waals surface area contributed by atoms with Gasteiger partial charge in [-0.15, -0.1) is 0 Å². The number of hydrazone groups is 1. The summed E-state index contributed by atoms with van der Waals surface area (Å²) in [6.45, 7) is 6.82. The predicted molar refractivity (Wildman–Crippen MR) is 136 cm³/mol. The van der Waals surface area contributed by atoms with Gasteiger partial charge in [-0.05, 0) is 44.2 Å². The summed E-state index contributed by atoms with van der Waals surface area (Å²) in [6.07, 6.45) is 6.25. The fourth-order valence-corrected chi connectivity index (χ4v) is 5.93. The predicted octanol–water partition coefficient (Wildman–Crippen LogP) is 3.60. The molecule has 8 nitrogen and oxygen atoms in total. The van der Waals surface area contributed by atoms with Crippen LogP contribution in [0.3, 0.4) is 0 Å². The van der Waals surface area contributed by atoms with E-state index in [4.69, 9.17) is 19.3 Å². The van der Waals surface area contributed by atoms with Crippen molar-refractivity contribution in [2.24, 2.45) is 16.9 Å². The van der Waals surface area contributed by atoms with E-state index < -0.39 is 11.9 Å². The van der Waals surface area contributed by atoms with Crippen LogP contribution in [0.15, 0.2) is 52.8 Å². The molecule has 36 heavy (non-hydrogen) atoms. The lowest BCUT2D eigenvalue weighted by atomic mass is 9.84. The Labute approximate surface area is 212 Å². The molecule has 2 fully saturated rings. The maximum atomic E-state index is 13.5. The van der Waals surface area contributed by atoms with Crippen molar-refractivity contribution in [1.29, 1.82) is 0 Å². The number of carbonyl (C=O) groups is 2. The number of esters is 2. The molecule has 4 aliphatic rings. The Balaban J connectivity index is 1.71. The number of benzene rings is 1. The van der Waals surface area contributed by atoms with E-state index in [2.05, 4.69) is 4.90 Å². The Morgan fingerprint density at radius 3 is 2.39 bits per heavy atom. The zero-order valence-electron chi connectivity index (χ0n) is 21.2. The number of rotatable bonds is 6. The van der Waals surface area contributed by atoms with Crippen LogP contribution in [-0.2, 0) is 23.8 Å². The first-order chi connectivity index (χ1) is 17.6. The van der Waals surface area contributed by atoms with Crippen LogP contribution in [0.5, 0.6) is 0 Å². The third kappa shape index (κ3) is 4.54. The molecule has 2 atom stereocenters. The van der Waals surface area contributed by atoms with Crippen LogP contribution < -0.4 is 0 Å². The summed E-state index contributed by atoms with van der Waals surface area (Å²) in [5, 5.41) is 7.09. The van der Waals surface area contributed by atoms with Crippen molar-refractivity contribution < 1.29 is 23.8 Å². The lowest BCUT2D eigenvalue weighted by molar-refractivity contribution is -0.151. The van der Waals surface area contributed by atoms with Crippen LogP contribution >= 0.6 is 0 Å². The lowest BCUT2D eigenvalue weighted by Crippen LogP contribution is -2.45. The van der Waals surface area contributed by atoms with Gasteiger partial charge in [-0.1, -0.05) is 43.2 Å². The second-order valence-corrected chi connectivity index (χ2v) is 9.57. The molecule has 0 amide bonds. The SMILES string of the molecule is CCOC(=O)C1=C2C(c3ccccc3)=CC(N3CCOCC3)=NN2C(C2CCCC2)C1C(=O)OCC. The van der Waals surface area contributed by atoms with E-state index in [0.29, 0.717) is 24.5 Å². The largest absolute Gasteiger partial charge is 0.465 e. The summed E-state index contributed by atoms with van der Waals surface area (Å²) in [6, 6.07) is 9.72. The fraction of sp³-hybridized carbons (Fsp3) is 0.536. The summed E-state index contributed by atoms with van der Waals surface area (Å²) >= 11 is 0. The Bertz CT molecular complexity index is 1070. The van der Waals surface area contributed by atoms with Crippen LogP contribution in [0.25, 0.3) is 5.57 Å². The summed E-state index contributed by atoms with van der Waals surface area (Å²) in [4.78, 5) is 29.3. The Morgan fingerprint density at radius 1 is 1.03 bits per heavy atom. The van der Waals surface area contributed by atoms with Gasteiger partial charge in [-0.3, -0.25) is 9.80 Å². The molecule has 1 aliphatic carbocycles. The van der Waals surface area contributed by atoms with Crippen LogP contribution in [0.1, 0.15) is 45.1 Å². The van der Waals surface area contributed by atoms with Gasteiger partial charge in [-0.25, -0.2) is 4.79 Å². The zero-order chi connectivity index (χ0) is 25.1. The number of hydrogen-bond acceptors (Lipinski definition) is 8. The topological polar surface area (TPSA) is 80.7 Å². The monoisotopic (exact) mass is 493 g/mol. The second kappa shape index (κ2) is 10.9. The molecule has 8 heteroatoms. The molecule has 0 N–H and O–H groups in total. The van der Waals surface area contributed by atoms with Gasteiger partial charge in [-0.2, -0.15) is 5.10 Å². The first-order valence-electron chi connectivity index (χ1n) is 13.2. The fourth-order valence-electron chi connectivity index (χ4n) is 5.93. The molecule has 1 saturated carbocycles. The van der Waals surface area contributed by atoms with Crippen LogP contribution in [0, 0.1) is 11.8 Å². The molecule has 1 aromatic rings. The van der Waals surface area contributed by atoms with Crippen LogP contribution in [0.2, 0.25) is 0 Å².